The quantitative estimate of drug-likeness (QED) is 0.739. The molecule has 0 fully saturated rings. The number of halogens is 3. The van der Waals surface area contributed by atoms with E-state index in [0.29, 0.717) is 5.56 Å². The number of sulfonamides is 1. The van der Waals surface area contributed by atoms with Crippen LogP contribution in [0.2, 0.25) is 5.02 Å². The molecule has 0 heterocycles. The van der Waals surface area contributed by atoms with Crippen molar-refractivity contribution in [1.29, 1.82) is 0 Å². The molecule has 0 radical (unpaired) electrons. The number of hydrogen-bond donors (Lipinski definition) is 1. The van der Waals surface area contributed by atoms with Crippen LogP contribution in [0.5, 0.6) is 0 Å². The highest BCUT2D eigenvalue weighted by atomic mass is 35.5. The number of nitrogens with one attached hydrogen (secondary N) is 1. The van der Waals surface area contributed by atoms with E-state index in [1.54, 1.807) is 0 Å². The zero-order valence-electron chi connectivity index (χ0n) is 12.8. The fourth-order valence-electron chi connectivity index (χ4n) is 1.83. The molecule has 0 aliphatic carbocycles. The minimum atomic E-state index is -3.92. The number of ether oxygens (including phenoxy) is 1. The predicted molar refractivity (Wildman–Crippen MR) is 87.4 cm³/mol. The van der Waals surface area contributed by atoms with Crippen LogP contribution < -0.4 is 4.72 Å². The predicted octanol–water partition coefficient (Wildman–Crippen LogP) is 3.03. The van der Waals surface area contributed by atoms with Gasteiger partial charge in [-0.1, -0.05) is 23.7 Å². The highest BCUT2D eigenvalue weighted by Gasteiger charge is 2.16. The molecule has 0 aliphatic rings. The first-order valence-corrected chi connectivity index (χ1v) is 8.99. The normalized spacial score (nSPS) is 11.3. The Bertz CT molecular complexity index is 857. The van der Waals surface area contributed by atoms with E-state index in [9.17, 15) is 22.0 Å². The van der Waals surface area contributed by atoms with Gasteiger partial charge in [0, 0.05) is 6.54 Å². The number of carbonyl (C=O) groups excluding carboxylic acids is 1. The van der Waals surface area contributed by atoms with Gasteiger partial charge in [0.2, 0.25) is 10.0 Å². The van der Waals surface area contributed by atoms with Crippen molar-refractivity contribution in [1.82, 2.24) is 4.72 Å². The van der Waals surface area contributed by atoms with Gasteiger partial charge in [-0.05, 0) is 35.9 Å². The zero-order chi connectivity index (χ0) is 18.4. The third-order valence-electron chi connectivity index (χ3n) is 3.14. The van der Waals surface area contributed by atoms with E-state index < -0.39 is 27.6 Å². The molecule has 0 spiro atoms. The topological polar surface area (TPSA) is 72.5 Å². The van der Waals surface area contributed by atoms with Crippen LogP contribution in [0.25, 0.3) is 0 Å². The third kappa shape index (κ3) is 5.77. The highest BCUT2D eigenvalue weighted by molar-refractivity contribution is 7.89. The molecule has 1 N–H and O–H groups in total. The molecule has 0 saturated carbocycles. The van der Waals surface area contributed by atoms with Crippen molar-refractivity contribution >= 4 is 27.6 Å². The summed E-state index contributed by atoms with van der Waals surface area (Å²) in [5.74, 6) is -1.75. The summed E-state index contributed by atoms with van der Waals surface area (Å²) in [6.07, 6.45) is -0.199. The lowest BCUT2D eigenvalue weighted by Gasteiger charge is -2.08. The smallest absolute Gasteiger partial charge is 0.307 e. The minimum Gasteiger partial charge on any atom is -0.461 e. The van der Waals surface area contributed by atoms with Crippen LogP contribution in [-0.4, -0.2) is 20.9 Å². The molecular formula is C16H14ClF2NO4S. The molecule has 0 atom stereocenters. The van der Waals surface area contributed by atoms with Gasteiger partial charge in [-0.3, -0.25) is 4.79 Å². The number of rotatable bonds is 7. The summed E-state index contributed by atoms with van der Waals surface area (Å²) in [6.45, 7) is -0.237. The van der Waals surface area contributed by atoms with Crippen molar-refractivity contribution in [3.05, 3.63) is 64.7 Å². The Morgan fingerprint density at radius 3 is 2.44 bits per heavy atom. The van der Waals surface area contributed by atoms with E-state index in [1.807, 2.05) is 0 Å². The molecule has 0 bridgehead atoms. The molecule has 0 aromatic heterocycles. The summed E-state index contributed by atoms with van der Waals surface area (Å²) < 4.78 is 57.0. The van der Waals surface area contributed by atoms with Crippen LogP contribution in [-0.2, 0) is 26.2 Å². The summed E-state index contributed by atoms with van der Waals surface area (Å²) in [5.41, 5.74) is 0.608. The maximum Gasteiger partial charge on any atom is 0.307 e. The van der Waals surface area contributed by atoms with Crippen molar-refractivity contribution in [2.24, 2.45) is 0 Å². The second-order valence-electron chi connectivity index (χ2n) is 5.01. The Labute approximate surface area is 148 Å². The molecule has 0 aliphatic heterocycles. The number of esters is 1. The van der Waals surface area contributed by atoms with E-state index in [4.69, 9.17) is 16.3 Å². The average molecular weight is 390 g/mol. The summed E-state index contributed by atoms with van der Waals surface area (Å²) >= 11 is 5.55. The van der Waals surface area contributed by atoms with E-state index in [1.165, 1.54) is 24.3 Å². The third-order valence-corrected chi connectivity index (χ3v) is 4.88. The number of carbonyl (C=O) groups is 1. The number of hydrogen-bond acceptors (Lipinski definition) is 4. The van der Waals surface area contributed by atoms with Crippen molar-refractivity contribution in [2.45, 2.75) is 17.9 Å². The van der Waals surface area contributed by atoms with Gasteiger partial charge in [-0.2, -0.15) is 0 Å². The van der Waals surface area contributed by atoms with Gasteiger partial charge in [0.15, 0.2) is 0 Å². The van der Waals surface area contributed by atoms with Crippen molar-refractivity contribution < 1.29 is 26.7 Å². The molecule has 0 unspecified atom stereocenters. The van der Waals surface area contributed by atoms with Gasteiger partial charge in [-0.25, -0.2) is 21.9 Å². The van der Waals surface area contributed by atoms with E-state index in [-0.39, 0.29) is 29.5 Å². The maximum absolute atomic E-state index is 13.1. The van der Waals surface area contributed by atoms with E-state index in [0.717, 1.165) is 18.2 Å². The molecule has 5 nitrogen and oxygen atoms in total. The first-order valence-electron chi connectivity index (χ1n) is 7.13. The molecule has 0 amide bonds. The Hall–Kier alpha value is -2.03. The number of benzene rings is 2. The molecule has 2 aromatic rings. The molecule has 9 heteroatoms. The van der Waals surface area contributed by atoms with Gasteiger partial charge in [0.05, 0.1) is 16.3 Å². The average Bonchev–Trinajstić information content (AvgIpc) is 2.56. The van der Waals surface area contributed by atoms with Crippen LogP contribution in [0.3, 0.4) is 0 Å². The minimum absolute atomic E-state index is 0.0422. The summed E-state index contributed by atoms with van der Waals surface area (Å²) in [6, 6.07) is 8.42. The van der Waals surface area contributed by atoms with E-state index >= 15 is 0 Å². The molecule has 0 saturated heterocycles. The summed E-state index contributed by atoms with van der Waals surface area (Å²) in [7, 11) is -3.92. The first kappa shape index (κ1) is 19.3. The second-order valence-corrected chi connectivity index (χ2v) is 7.18. The van der Waals surface area contributed by atoms with Crippen LogP contribution in [0.4, 0.5) is 8.78 Å². The summed E-state index contributed by atoms with van der Waals surface area (Å²) in [4.78, 5) is 11.4. The standard InChI is InChI=1S/C16H14ClF2NO4S/c17-14-9-13(5-6-15(14)19)25(22,23)20-8-7-16(21)24-10-11-1-3-12(18)4-2-11/h1-6,9,20H,7-8,10H2. The second kappa shape index (κ2) is 8.37. The van der Waals surface area contributed by atoms with Gasteiger partial charge < -0.3 is 4.74 Å². The lowest BCUT2D eigenvalue weighted by molar-refractivity contribution is -0.144. The Balaban J connectivity index is 1.81. The van der Waals surface area contributed by atoms with Crippen LogP contribution in [0.1, 0.15) is 12.0 Å². The Morgan fingerprint density at radius 2 is 1.80 bits per heavy atom. The lowest BCUT2D eigenvalue weighted by Crippen LogP contribution is -2.26. The van der Waals surface area contributed by atoms with Crippen LogP contribution in [0, 0.1) is 11.6 Å². The molecule has 25 heavy (non-hydrogen) atoms. The van der Waals surface area contributed by atoms with Gasteiger partial charge in [-0.15, -0.1) is 0 Å². The Kier molecular flexibility index (Phi) is 6.46. The SMILES string of the molecule is O=C(CCNS(=O)(=O)c1ccc(F)c(Cl)c1)OCc1ccc(F)cc1. The van der Waals surface area contributed by atoms with Crippen LogP contribution >= 0.6 is 11.6 Å². The molecule has 2 aromatic carbocycles. The lowest BCUT2D eigenvalue weighted by atomic mass is 10.2. The fourth-order valence-corrected chi connectivity index (χ4v) is 3.13. The zero-order valence-corrected chi connectivity index (χ0v) is 14.4. The van der Waals surface area contributed by atoms with Crippen molar-refractivity contribution in [3.8, 4) is 0 Å². The fraction of sp³-hybridized carbons (Fsp3) is 0.188. The van der Waals surface area contributed by atoms with Gasteiger partial charge in [0.25, 0.3) is 0 Å². The maximum atomic E-state index is 13.1. The first-order chi connectivity index (χ1) is 11.8. The molecular weight excluding hydrogens is 376 g/mol. The largest absolute Gasteiger partial charge is 0.461 e. The molecule has 134 valence electrons. The summed E-state index contributed by atoms with van der Waals surface area (Å²) in [5, 5.41) is -0.318. The molecule has 2 rings (SSSR count). The Morgan fingerprint density at radius 1 is 1.12 bits per heavy atom. The van der Waals surface area contributed by atoms with Crippen molar-refractivity contribution in [2.75, 3.05) is 6.54 Å². The van der Waals surface area contributed by atoms with Gasteiger partial charge in [0.1, 0.15) is 18.2 Å². The monoisotopic (exact) mass is 389 g/mol. The highest BCUT2D eigenvalue weighted by Crippen LogP contribution is 2.19. The van der Waals surface area contributed by atoms with E-state index in [2.05, 4.69) is 4.72 Å². The van der Waals surface area contributed by atoms with Crippen LogP contribution in [0.15, 0.2) is 47.4 Å². The van der Waals surface area contributed by atoms with Gasteiger partial charge >= 0.3 is 5.97 Å². The van der Waals surface area contributed by atoms with Crippen molar-refractivity contribution in [3.63, 3.8) is 0 Å².